The average molecular weight is 484 g/mol. The molecule has 0 spiro atoms. The lowest BCUT2D eigenvalue weighted by Crippen LogP contribution is -2.27. The molecule has 4 aromatic rings. The van der Waals surface area contributed by atoms with Crippen LogP contribution in [-0.2, 0) is 13.5 Å². The van der Waals surface area contributed by atoms with Gasteiger partial charge in [0.2, 0.25) is 0 Å². The third kappa shape index (κ3) is 4.32. The van der Waals surface area contributed by atoms with Gasteiger partial charge in [-0.25, -0.2) is 9.78 Å². The van der Waals surface area contributed by atoms with Crippen molar-refractivity contribution in [1.29, 1.82) is 0 Å². The Bertz CT molecular complexity index is 1430. The van der Waals surface area contributed by atoms with E-state index in [0.717, 1.165) is 79.0 Å². The Morgan fingerprint density at radius 1 is 0.972 bits per heavy atom. The number of rotatable bonds is 5. The SMILES string of the molecule is Cc1cccc(Cc2[nH]c(C3CCNCC3)nc2-c2ccc3c(c2)n(C)c(=O)n3C2CCCCC2)c1. The second-order valence-corrected chi connectivity index (χ2v) is 10.8. The van der Waals surface area contributed by atoms with Crippen LogP contribution in [0, 0.1) is 6.92 Å². The predicted molar refractivity (Wildman–Crippen MR) is 146 cm³/mol. The van der Waals surface area contributed by atoms with E-state index in [1.807, 2.05) is 11.6 Å². The van der Waals surface area contributed by atoms with Crippen molar-refractivity contribution in [3.63, 3.8) is 0 Å². The van der Waals surface area contributed by atoms with Crippen LogP contribution < -0.4 is 11.0 Å². The highest BCUT2D eigenvalue weighted by Crippen LogP contribution is 2.34. The summed E-state index contributed by atoms with van der Waals surface area (Å²) in [5.74, 6) is 1.56. The van der Waals surface area contributed by atoms with Gasteiger partial charge < -0.3 is 10.3 Å². The van der Waals surface area contributed by atoms with E-state index in [1.165, 1.54) is 30.4 Å². The lowest BCUT2D eigenvalue weighted by molar-refractivity contribution is 0.351. The molecule has 1 saturated carbocycles. The standard InChI is InChI=1S/C30H37N5O/c1-20-7-6-8-21(17-20)18-25-28(33-29(32-25)22-13-15-31-16-14-22)23-11-12-26-27(19-23)34(2)30(36)35(26)24-9-4-3-5-10-24/h6-8,11-12,17,19,22,24,31H,3-5,9-10,13-16,18H2,1-2H3,(H,32,33). The molecular weight excluding hydrogens is 446 g/mol. The first-order valence-electron chi connectivity index (χ1n) is 13.6. The second-order valence-electron chi connectivity index (χ2n) is 10.8. The summed E-state index contributed by atoms with van der Waals surface area (Å²) in [5.41, 5.74) is 7.96. The molecule has 2 N–H and O–H groups in total. The van der Waals surface area contributed by atoms with Crippen molar-refractivity contribution >= 4 is 11.0 Å². The monoisotopic (exact) mass is 483 g/mol. The number of nitrogens with zero attached hydrogens (tertiary/aromatic N) is 3. The number of aryl methyl sites for hydroxylation is 2. The van der Waals surface area contributed by atoms with E-state index in [4.69, 9.17) is 4.98 Å². The molecule has 36 heavy (non-hydrogen) atoms. The highest BCUT2D eigenvalue weighted by Gasteiger charge is 2.24. The molecule has 0 radical (unpaired) electrons. The number of H-pyrrole nitrogens is 1. The molecule has 0 bridgehead atoms. The summed E-state index contributed by atoms with van der Waals surface area (Å²) in [5, 5.41) is 3.47. The van der Waals surface area contributed by atoms with Crippen molar-refractivity contribution in [2.24, 2.45) is 7.05 Å². The molecule has 1 aliphatic carbocycles. The average Bonchev–Trinajstić information content (AvgIpc) is 3.43. The van der Waals surface area contributed by atoms with Gasteiger partial charge in [-0.1, -0.05) is 55.2 Å². The van der Waals surface area contributed by atoms with E-state index in [0.29, 0.717) is 12.0 Å². The minimum absolute atomic E-state index is 0.103. The third-order valence-electron chi connectivity index (χ3n) is 8.29. The Kier molecular flexibility index (Phi) is 6.30. The molecular formula is C30H37N5O. The van der Waals surface area contributed by atoms with Crippen LogP contribution >= 0.6 is 0 Å². The Hall–Kier alpha value is -3.12. The normalized spacial score (nSPS) is 17.7. The summed E-state index contributed by atoms with van der Waals surface area (Å²) in [6, 6.07) is 15.5. The Labute approximate surface area is 212 Å². The molecule has 2 fully saturated rings. The summed E-state index contributed by atoms with van der Waals surface area (Å²) < 4.78 is 3.88. The lowest BCUT2D eigenvalue weighted by Gasteiger charge is -2.22. The lowest BCUT2D eigenvalue weighted by atomic mass is 9.95. The van der Waals surface area contributed by atoms with Gasteiger partial charge in [0.15, 0.2) is 0 Å². The fourth-order valence-electron chi connectivity index (χ4n) is 6.31. The zero-order valence-corrected chi connectivity index (χ0v) is 21.5. The maximum Gasteiger partial charge on any atom is 0.329 e. The van der Waals surface area contributed by atoms with Gasteiger partial charge in [0.05, 0.1) is 16.7 Å². The molecule has 1 saturated heterocycles. The Balaban J connectivity index is 1.43. The quantitative estimate of drug-likeness (QED) is 0.388. The van der Waals surface area contributed by atoms with E-state index in [9.17, 15) is 4.79 Å². The van der Waals surface area contributed by atoms with Crippen LogP contribution in [0.4, 0.5) is 0 Å². The van der Waals surface area contributed by atoms with Crippen LogP contribution in [0.25, 0.3) is 22.3 Å². The topological polar surface area (TPSA) is 67.6 Å². The number of benzene rings is 2. The number of aromatic nitrogens is 4. The Morgan fingerprint density at radius 2 is 1.78 bits per heavy atom. The van der Waals surface area contributed by atoms with Gasteiger partial charge >= 0.3 is 5.69 Å². The van der Waals surface area contributed by atoms with Crippen LogP contribution in [0.5, 0.6) is 0 Å². The maximum atomic E-state index is 13.3. The first-order chi connectivity index (χ1) is 17.6. The zero-order valence-electron chi connectivity index (χ0n) is 21.5. The molecule has 0 atom stereocenters. The molecule has 2 aliphatic rings. The van der Waals surface area contributed by atoms with Gasteiger partial charge in [-0.3, -0.25) is 9.13 Å². The number of aromatic amines is 1. The number of hydrogen-bond acceptors (Lipinski definition) is 3. The minimum atomic E-state index is 0.103. The zero-order chi connectivity index (χ0) is 24.6. The van der Waals surface area contributed by atoms with Crippen molar-refractivity contribution in [1.82, 2.24) is 24.4 Å². The molecule has 6 rings (SSSR count). The molecule has 6 nitrogen and oxygen atoms in total. The summed E-state index contributed by atoms with van der Waals surface area (Å²) in [7, 11) is 1.91. The summed E-state index contributed by atoms with van der Waals surface area (Å²) in [6.07, 6.45) is 8.92. The van der Waals surface area contributed by atoms with Crippen LogP contribution in [0.3, 0.4) is 0 Å². The second kappa shape index (κ2) is 9.74. The molecule has 2 aromatic carbocycles. The van der Waals surface area contributed by atoms with Gasteiger partial charge in [0, 0.05) is 36.7 Å². The number of hydrogen-bond donors (Lipinski definition) is 2. The molecule has 188 valence electrons. The van der Waals surface area contributed by atoms with Crippen LogP contribution in [0.1, 0.15) is 79.6 Å². The molecule has 6 heteroatoms. The number of imidazole rings is 2. The van der Waals surface area contributed by atoms with Crippen LogP contribution in [0.2, 0.25) is 0 Å². The van der Waals surface area contributed by atoms with Gasteiger partial charge in [0.1, 0.15) is 5.82 Å². The fourth-order valence-corrected chi connectivity index (χ4v) is 6.31. The van der Waals surface area contributed by atoms with Gasteiger partial charge in [-0.2, -0.15) is 0 Å². The summed E-state index contributed by atoms with van der Waals surface area (Å²) in [4.78, 5) is 22.2. The first-order valence-corrected chi connectivity index (χ1v) is 13.6. The molecule has 0 amide bonds. The fraction of sp³-hybridized carbons (Fsp3) is 0.467. The van der Waals surface area contributed by atoms with Crippen molar-refractivity contribution in [2.75, 3.05) is 13.1 Å². The van der Waals surface area contributed by atoms with E-state index in [2.05, 4.69) is 64.3 Å². The van der Waals surface area contributed by atoms with Gasteiger partial charge in [-0.15, -0.1) is 0 Å². The van der Waals surface area contributed by atoms with Crippen LogP contribution in [-0.4, -0.2) is 32.2 Å². The highest BCUT2D eigenvalue weighted by molar-refractivity contribution is 5.82. The number of fused-ring (bicyclic) bond motifs is 1. The van der Waals surface area contributed by atoms with Crippen molar-refractivity contribution in [3.8, 4) is 11.3 Å². The number of nitrogens with one attached hydrogen (secondary N) is 2. The van der Waals surface area contributed by atoms with Crippen molar-refractivity contribution < 1.29 is 0 Å². The summed E-state index contributed by atoms with van der Waals surface area (Å²) in [6.45, 7) is 4.22. The smallest absolute Gasteiger partial charge is 0.329 e. The van der Waals surface area contributed by atoms with Gasteiger partial charge in [0.25, 0.3) is 0 Å². The Morgan fingerprint density at radius 3 is 2.56 bits per heavy atom. The molecule has 3 heterocycles. The van der Waals surface area contributed by atoms with Gasteiger partial charge in [-0.05, 0) is 63.4 Å². The van der Waals surface area contributed by atoms with E-state index in [1.54, 1.807) is 0 Å². The van der Waals surface area contributed by atoms with E-state index in [-0.39, 0.29) is 5.69 Å². The predicted octanol–water partition coefficient (Wildman–Crippen LogP) is 5.60. The van der Waals surface area contributed by atoms with E-state index >= 15 is 0 Å². The highest BCUT2D eigenvalue weighted by atomic mass is 16.1. The minimum Gasteiger partial charge on any atom is -0.345 e. The largest absolute Gasteiger partial charge is 0.345 e. The van der Waals surface area contributed by atoms with Crippen LogP contribution in [0.15, 0.2) is 47.3 Å². The molecule has 1 aliphatic heterocycles. The number of piperidine rings is 1. The first kappa shape index (κ1) is 23.3. The third-order valence-corrected chi connectivity index (χ3v) is 8.29. The van der Waals surface area contributed by atoms with Crippen molar-refractivity contribution in [2.45, 2.75) is 70.3 Å². The maximum absolute atomic E-state index is 13.3. The van der Waals surface area contributed by atoms with Crippen molar-refractivity contribution in [3.05, 3.63) is 75.6 Å². The van der Waals surface area contributed by atoms with E-state index < -0.39 is 0 Å². The summed E-state index contributed by atoms with van der Waals surface area (Å²) >= 11 is 0. The molecule has 2 aromatic heterocycles. The molecule has 0 unspecified atom stereocenters.